The lowest BCUT2D eigenvalue weighted by Crippen LogP contribution is -2.20. The first-order valence-electron chi connectivity index (χ1n) is 9.09. The molecule has 27 heavy (non-hydrogen) atoms. The Labute approximate surface area is 161 Å². The van der Waals surface area contributed by atoms with Crippen LogP contribution in [0.4, 0.5) is 11.4 Å². The third-order valence-corrected chi connectivity index (χ3v) is 4.34. The molecule has 3 rings (SSSR count). The Morgan fingerprint density at radius 2 is 1.44 bits per heavy atom. The zero-order valence-electron chi connectivity index (χ0n) is 15.6. The molecule has 0 spiro atoms. The van der Waals surface area contributed by atoms with Gasteiger partial charge in [0.15, 0.2) is 0 Å². The molecule has 0 bridgehead atoms. The van der Waals surface area contributed by atoms with Crippen molar-refractivity contribution in [3.05, 3.63) is 96.1 Å². The molecule has 0 fully saturated rings. The zero-order chi connectivity index (χ0) is 18.9. The number of likely N-dealkylation sites (N-methyl/N-ethyl adjacent to an activating group) is 1. The summed E-state index contributed by atoms with van der Waals surface area (Å²) in [6.45, 7) is 1.47. The van der Waals surface area contributed by atoms with Gasteiger partial charge < -0.3 is 10.0 Å². The maximum Gasteiger partial charge on any atom is 0.0666 e. The van der Waals surface area contributed by atoms with E-state index in [2.05, 4.69) is 24.3 Å². The van der Waals surface area contributed by atoms with Crippen molar-refractivity contribution in [3.63, 3.8) is 0 Å². The van der Waals surface area contributed by atoms with Crippen molar-refractivity contribution in [2.75, 3.05) is 30.1 Å². The van der Waals surface area contributed by atoms with E-state index in [-0.39, 0.29) is 6.61 Å². The minimum Gasteiger partial charge on any atom is -0.395 e. The van der Waals surface area contributed by atoms with Crippen molar-refractivity contribution in [1.29, 1.82) is 0 Å². The third kappa shape index (κ3) is 5.43. The van der Waals surface area contributed by atoms with Gasteiger partial charge in [-0.2, -0.15) is 5.10 Å². The highest BCUT2D eigenvalue weighted by Crippen LogP contribution is 2.18. The summed E-state index contributed by atoms with van der Waals surface area (Å²) in [5, 5.41) is 15.8. The van der Waals surface area contributed by atoms with Gasteiger partial charge in [-0.3, -0.25) is 5.01 Å². The number of hydrogen-bond acceptors (Lipinski definition) is 4. The smallest absolute Gasteiger partial charge is 0.0666 e. The van der Waals surface area contributed by atoms with Crippen LogP contribution in [0.3, 0.4) is 0 Å². The quantitative estimate of drug-likeness (QED) is 0.485. The average Bonchev–Trinajstić information content (AvgIpc) is 2.73. The fraction of sp³-hybridized carbons (Fsp3) is 0.174. The maximum atomic E-state index is 9.06. The lowest BCUT2D eigenvalue weighted by Gasteiger charge is -2.19. The molecule has 0 unspecified atom stereocenters. The lowest BCUT2D eigenvalue weighted by atomic mass is 10.2. The molecule has 0 amide bonds. The molecule has 1 N–H and O–H groups in total. The second-order valence-corrected chi connectivity index (χ2v) is 6.36. The van der Waals surface area contributed by atoms with E-state index < -0.39 is 0 Å². The molecule has 4 heteroatoms. The Morgan fingerprint density at radius 1 is 0.815 bits per heavy atom. The van der Waals surface area contributed by atoms with E-state index >= 15 is 0 Å². The van der Waals surface area contributed by atoms with Crippen molar-refractivity contribution in [3.8, 4) is 0 Å². The maximum absolute atomic E-state index is 9.06. The van der Waals surface area contributed by atoms with Gasteiger partial charge in [0.25, 0.3) is 0 Å². The van der Waals surface area contributed by atoms with Crippen molar-refractivity contribution < 1.29 is 5.11 Å². The van der Waals surface area contributed by atoms with Gasteiger partial charge in [-0.15, -0.1) is 0 Å². The molecule has 3 aromatic carbocycles. The topological polar surface area (TPSA) is 39.1 Å². The van der Waals surface area contributed by atoms with E-state index in [9.17, 15) is 0 Å². The molecule has 3 aromatic rings. The minimum atomic E-state index is 0.144. The van der Waals surface area contributed by atoms with Crippen molar-refractivity contribution in [2.24, 2.45) is 5.10 Å². The van der Waals surface area contributed by atoms with Crippen LogP contribution < -0.4 is 9.91 Å². The Morgan fingerprint density at radius 3 is 2.07 bits per heavy atom. The van der Waals surface area contributed by atoms with E-state index in [1.807, 2.05) is 83.8 Å². The van der Waals surface area contributed by atoms with Gasteiger partial charge in [-0.05, 0) is 35.4 Å². The summed E-state index contributed by atoms with van der Waals surface area (Å²) in [7, 11) is 1.97. The number of hydrazone groups is 1. The monoisotopic (exact) mass is 359 g/mol. The summed E-state index contributed by atoms with van der Waals surface area (Å²) in [6, 6.07) is 28.7. The molecule has 0 atom stereocenters. The van der Waals surface area contributed by atoms with Crippen LogP contribution >= 0.6 is 0 Å². The fourth-order valence-corrected chi connectivity index (χ4v) is 2.79. The molecule has 138 valence electrons. The van der Waals surface area contributed by atoms with Gasteiger partial charge in [0.05, 0.1) is 25.1 Å². The summed E-state index contributed by atoms with van der Waals surface area (Å²) in [6.07, 6.45) is 1.88. The van der Waals surface area contributed by atoms with Crippen LogP contribution in [0.2, 0.25) is 0 Å². The second-order valence-electron chi connectivity index (χ2n) is 6.36. The number of hydrogen-bond donors (Lipinski definition) is 1. The molecule has 0 aliphatic rings. The molecule has 0 saturated carbocycles. The molecular weight excluding hydrogens is 334 g/mol. The highest BCUT2D eigenvalue weighted by molar-refractivity contribution is 5.81. The molecule has 0 saturated heterocycles. The van der Waals surface area contributed by atoms with Crippen LogP contribution in [0, 0.1) is 0 Å². The van der Waals surface area contributed by atoms with Gasteiger partial charge >= 0.3 is 0 Å². The lowest BCUT2D eigenvalue weighted by molar-refractivity contribution is 0.304. The number of nitrogens with zero attached hydrogens (tertiary/aromatic N) is 3. The first-order valence-corrected chi connectivity index (χ1v) is 9.09. The summed E-state index contributed by atoms with van der Waals surface area (Å²) in [4.78, 5) is 2.02. The first-order chi connectivity index (χ1) is 13.3. The number of aliphatic hydroxyl groups is 1. The summed E-state index contributed by atoms with van der Waals surface area (Å²) in [5.74, 6) is 0. The Hall–Kier alpha value is -3.11. The number of rotatable bonds is 8. The van der Waals surface area contributed by atoms with Crippen molar-refractivity contribution in [1.82, 2.24) is 0 Å². The Kier molecular flexibility index (Phi) is 6.61. The molecule has 0 aliphatic heterocycles. The third-order valence-electron chi connectivity index (χ3n) is 4.34. The van der Waals surface area contributed by atoms with Crippen LogP contribution in [0.15, 0.2) is 90.0 Å². The predicted molar refractivity (Wildman–Crippen MR) is 113 cm³/mol. The zero-order valence-corrected chi connectivity index (χ0v) is 15.6. The summed E-state index contributed by atoms with van der Waals surface area (Å²) >= 11 is 0. The van der Waals surface area contributed by atoms with E-state index in [0.717, 1.165) is 16.9 Å². The van der Waals surface area contributed by atoms with Gasteiger partial charge in [0.1, 0.15) is 0 Å². The SMILES string of the molecule is CN(CCO)c1ccc(/C=N/N(Cc2ccccc2)c2ccccc2)cc1. The second kappa shape index (κ2) is 9.55. The molecular formula is C23H25N3O. The van der Waals surface area contributed by atoms with E-state index in [1.54, 1.807) is 0 Å². The standard InChI is InChI=1S/C23H25N3O/c1-25(16-17-27)22-14-12-20(13-15-22)18-24-26(23-10-6-3-7-11-23)19-21-8-4-2-5-9-21/h2-15,18,27H,16-17,19H2,1H3/b24-18+. The van der Waals surface area contributed by atoms with E-state index in [0.29, 0.717) is 13.1 Å². The molecule has 0 aliphatic carbocycles. The van der Waals surface area contributed by atoms with Gasteiger partial charge in [0.2, 0.25) is 0 Å². The van der Waals surface area contributed by atoms with Crippen LogP contribution in [-0.2, 0) is 6.54 Å². The number of aliphatic hydroxyl groups excluding tert-OH is 1. The molecule has 0 aromatic heterocycles. The van der Waals surface area contributed by atoms with Gasteiger partial charge in [-0.25, -0.2) is 0 Å². The van der Waals surface area contributed by atoms with Gasteiger partial charge in [0, 0.05) is 19.3 Å². The normalized spacial score (nSPS) is 10.9. The first kappa shape index (κ1) is 18.7. The number of para-hydroxylation sites is 1. The largest absolute Gasteiger partial charge is 0.395 e. The minimum absolute atomic E-state index is 0.144. The Bertz CT molecular complexity index is 833. The Balaban J connectivity index is 1.77. The van der Waals surface area contributed by atoms with Crippen LogP contribution in [0.1, 0.15) is 11.1 Å². The predicted octanol–water partition coefficient (Wildman–Crippen LogP) is 4.16. The molecule has 0 heterocycles. The van der Waals surface area contributed by atoms with Gasteiger partial charge in [-0.1, -0.05) is 60.7 Å². The van der Waals surface area contributed by atoms with Crippen molar-refractivity contribution >= 4 is 17.6 Å². The van der Waals surface area contributed by atoms with E-state index in [1.165, 1.54) is 5.56 Å². The number of benzene rings is 3. The average molecular weight is 359 g/mol. The number of anilines is 2. The molecule has 4 nitrogen and oxygen atoms in total. The summed E-state index contributed by atoms with van der Waals surface area (Å²) in [5.41, 5.74) is 4.37. The highest BCUT2D eigenvalue weighted by atomic mass is 16.3. The fourth-order valence-electron chi connectivity index (χ4n) is 2.79. The van der Waals surface area contributed by atoms with Crippen LogP contribution in [-0.4, -0.2) is 31.5 Å². The summed E-state index contributed by atoms with van der Waals surface area (Å²) < 4.78 is 0. The van der Waals surface area contributed by atoms with Crippen LogP contribution in [0.25, 0.3) is 0 Å². The molecule has 0 radical (unpaired) electrons. The highest BCUT2D eigenvalue weighted by Gasteiger charge is 2.05. The van der Waals surface area contributed by atoms with Crippen molar-refractivity contribution in [2.45, 2.75) is 6.54 Å². The van der Waals surface area contributed by atoms with Crippen LogP contribution in [0.5, 0.6) is 0 Å². The van der Waals surface area contributed by atoms with E-state index in [4.69, 9.17) is 10.2 Å².